The maximum absolute atomic E-state index is 5.84. The van der Waals surface area contributed by atoms with Gasteiger partial charge < -0.3 is 19.4 Å². The van der Waals surface area contributed by atoms with Crippen molar-refractivity contribution in [1.29, 1.82) is 0 Å². The van der Waals surface area contributed by atoms with Gasteiger partial charge in [-0.1, -0.05) is 19.6 Å². The van der Waals surface area contributed by atoms with Crippen LogP contribution in [-0.4, -0.2) is 44.5 Å². The van der Waals surface area contributed by atoms with Crippen molar-refractivity contribution < 1.29 is 9.47 Å². The summed E-state index contributed by atoms with van der Waals surface area (Å²) in [5.74, 6) is 0. The van der Waals surface area contributed by atoms with Crippen LogP contribution in [0, 0.1) is 0 Å². The third-order valence-electron chi connectivity index (χ3n) is 3.58. The zero-order valence-corrected chi connectivity index (χ0v) is 16.9. The molecule has 0 radical (unpaired) electrons. The molecule has 2 aromatic heterocycles. The Bertz CT molecular complexity index is 640. The van der Waals surface area contributed by atoms with Crippen molar-refractivity contribution in [3.05, 3.63) is 22.9 Å². The topological polar surface area (TPSA) is 48.3 Å². The van der Waals surface area contributed by atoms with Crippen LogP contribution in [-0.2, 0) is 16.2 Å². The molecule has 128 valence electrons. The summed E-state index contributed by atoms with van der Waals surface area (Å²) in [6, 6.07) is 3.25. The Morgan fingerprint density at radius 1 is 1.30 bits per heavy atom. The van der Waals surface area contributed by atoms with E-state index in [1.807, 2.05) is 17.0 Å². The first-order chi connectivity index (χ1) is 10.9. The van der Waals surface area contributed by atoms with Gasteiger partial charge in [-0.25, -0.2) is 4.98 Å². The third kappa shape index (κ3) is 5.31. The van der Waals surface area contributed by atoms with Gasteiger partial charge in [0.05, 0.1) is 16.8 Å². The molecule has 7 heteroatoms. The van der Waals surface area contributed by atoms with E-state index in [-0.39, 0.29) is 0 Å². The molecule has 0 aliphatic carbocycles. The Kier molecular flexibility index (Phi) is 6.64. The number of aromatic nitrogens is 2. The normalized spacial score (nSPS) is 12.0. The van der Waals surface area contributed by atoms with Crippen LogP contribution in [0.5, 0.6) is 0 Å². The van der Waals surface area contributed by atoms with E-state index in [0.717, 1.165) is 34.3 Å². The molecular formula is C16H26BrN3O2Si. The average Bonchev–Trinajstić information content (AvgIpc) is 2.88. The molecule has 0 fully saturated rings. The second-order valence-electron chi connectivity index (χ2n) is 6.77. The van der Waals surface area contributed by atoms with Crippen molar-refractivity contribution in [2.24, 2.45) is 0 Å². The molecule has 2 aromatic rings. The number of fused-ring (bicyclic) bond motifs is 1. The maximum atomic E-state index is 5.84. The fourth-order valence-corrected chi connectivity index (χ4v) is 3.43. The van der Waals surface area contributed by atoms with Crippen LogP contribution in [0.25, 0.3) is 11.0 Å². The van der Waals surface area contributed by atoms with E-state index in [9.17, 15) is 0 Å². The monoisotopic (exact) mass is 399 g/mol. The van der Waals surface area contributed by atoms with Crippen molar-refractivity contribution in [3.8, 4) is 0 Å². The zero-order chi connectivity index (χ0) is 16.9. The molecule has 0 aromatic carbocycles. The number of hydrogen-bond acceptors (Lipinski definition) is 4. The molecule has 23 heavy (non-hydrogen) atoms. The number of ether oxygens (including phenoxy) is 2. The molecule has 0 aliphatic rings. The van der Waals surface area contributed by atoms with Gasteiger partial charge in [0, 0.05) is 46.1 Å². The fraction of sp³-hybridized carbons (Fsp3) is 0.562. The van der Waals surface area contributed by atoms with Gasteiger partial charge in [0.2, 0.25) is 0 Å². The van der Waals surface area contributed by atoms with Crippen LogP contribution in [0.2, 0.25) is 25.7 Å². The van der Waals surface area contributed by atoms with Gasteiger partial charge in [0.15, 0.2) is 0 Å². The van der Waals surface area contributed by atoms with Crippen LogP contribution in [0.15, 0.2) is 22.9 Å². The highest BCUT2D eigenvalue weighted by molar-refractivity contribution is 9.10. The first-order valence-corrected chi connectivity index (χ1v) is 12.4. The highest BCUT2D eigenvalue weighted by Crippen LogP contribution is 2.30. The van der Waals surface area contributed by atoms with Gasteiger partial charge in [-0.15, -0.1) is 0 Å². The maximum Gasteiger partial charge on any atom is 0.143 e. The van der Waals surface area contributed by atoms with E-state index in [0.29, 0.717) is 13.3 Å². The summed E-state index contributed by atoms with van der Waals surface area (Å²) in [6.45, 7) is 9.85. The minimum Gasteiger partial charge on any atom is -0.383 e. The van der Waals surface area contributed by atoms with Crippen molar-refractivity contribution in [2.75, 3.05) is 32.2 Å². The molecule has 2 rings (SSSR count). The molecule has 0 bridgehead atoms. The standard InChI is InChI=1S/C16H26BrN3O2Si/c1-21-8-6-18-15-13-5-7-20(16(13)19-11-14(15)17)12-22-9-10-23(2,3)4/h5,7,11H,6,8-10,12H2,1-4H3,(H,18,19). The summed E-state index contributed by atoms with van der Waals surface area (Å²) in [5.41, 5.74) is 1.98. The minimum atomic E-state index is -1.05. The van der Waals surface area contributed by atoms with E-state index in [2.05, 4.69) is 51.9 Å². The fourth-order valence-electron chi connectivity index (χ4n) is 2.22. The molecule has 0 unspecified atom stereocenters. The minimum absolute atomic E-state index is 0.542. The second kappa shape index (κ2) is 8.28. The van der Waals surface area contributed by atoms with Gasteiger partial charge in [-0.3, -0.25) is 0 Å². The van der Waals surface area contributed by atoms with Crippen molar-refractivity contribution >= 4 is 40.7 Å². The van der Waals surface area contributed by atoms with E-state index in [4.69, 9.17) is 9.47 Å². The second-order valence-corrected chi connectivity index (χ2v) is 13.2. The molecule has 0 saturated heterocycles. The van der Waals surface area contributed by atoms with Crippen LogP contribution >= 0.6 is 15.9 Å². The van der Waals surface area contributed by atoms with Gasteiger partial charge in [0.1, 0.15) is 12.4 Å². The number of hydrogen-bond donors (Lipinski definition) is 1. The Balaban J connectivity index is 2.06. The summed E-state index contributed by atoms with van der Waals surface area (Å²) in [4.78, 5) is 4.53. The average molecular weight is 400 g/mol. The van der Waals surface area contributed by atoms with Crippen LogP contribution < -0.4 is 5.32 Å². The molecular weight excluding hydrogens is 374 g/mol. The summed E-state index contributed by atoms with van der Waals surface area (Å²) in [7, 11) is 0.656. The highest BCUT2D eigenvalue weighted by atomic mass is 79.9. The number of methoxy groups -OCH3 is 1. The third-order valence-corrected chi connectivity index (χ3v) is 5.88. The summed E-state index contributed by atoms with van der Waals surface area (Å²) in [5, 5.41) is 4.48. The van der Waals surface area contributed by atoms with E-state index in [1.165, 1.54) is 6.04 Å². The van der Waals surface area contributed by atoms with E-state index >= 15 is 0 Å². The van der Waals surface area contributed by atoms with Gasteiger partial charge in [0.25, 0.3) is 0 Å². The first-order valence-electron chi connectivity index (χ1n) is 7.86. The van der Waals surface area contributed by atoms with E-state index in [1.54, 1.807) is 7.11 Å². The van der Waals surface area contributed by atoms with Gasteiger partial charge >= 0.3 is 0 Å². The van der Waals surface area contributed by atoms with Crippen LogP contribution in [0.1, 0.15) is 0 Å². The van der Waals surface area contributed by atoms with Gasteiger partial charge in [-0.2, -0.15) is 0 Å². The van der Waals surface area contributed by atoms with Crippen molar-refractivity contribution in [1.82, 2.24) is 9.55 Å². The largest absolute Gasteiger partial charge is 0.383 e. The quantitative estimate of drug-likeness (QED) is 0.507. The number of rotatable bonds is 9. The zero-order valence-electron chi connectivity index (χ0n) is 14.4. The molecule has 0 spiro atoms. The van der Waals surface area contributed by atoms with E-state index < -0.39 is 8.07 Å². The molecule has 0 aliphatic heterocycles. The smallest absolute Gasteiger partial charge is 0.143 e. The summed E-state index contributed by atoms with van der Waals surface area (Å²) < 4.78 is 13.9. The molecule has 1 N–H and O–H groups in total. The highest BCUT2D eigenvalue weighted by Gasteiger charge is 2.13. The predicted octanol–water partition coefficient (Wildman–Crippen LogP) is 4.17. The Morgan fingerprint density at radius 2 is 2.09 bits per heavy atom. The van der Waals surface area contributed by atoms with Crippen LogP contribution in [0.3, 0.4) is 0 Å². The number of anilines is 1. The van der Waals surface area contributed by atoms with Crippen LogP contribution in [0.4, 0.5) is 5.69 Å². The Morgan fingerprint density at radius 3 is 2.78 bits per heavy atom. The lowest BCUT2D eigenvalue weighted by molar-refractivity contribution is 0.0899. The number of nitrogens with one attached hydrogen (secondary N) is 1. The number of halogens is 1. The van der Waals surface area contributed by atoms with Crippen molar-refractivity contribution in [3.63, 3.8) is 0 Å². The first kappa shape index (κ1) is 18.4. The molecule has 5 nitrogen and oxygen atoms in total. The Hall–Kier alpha value is -0.893. The predicted molar refractivity (Wildman–Crippen MR) is 102 cm³/mol. The molecule has 0 saturated carbocycles. The molecule has 2 heterocycles. The number of nitrogens with zero attached hydrogens (tertiary/aromatic N) is 2. The van der Waals surface area contributed by atoms with Crippen molar-refractivity contribution in [2.45, 2.75) is 32.4 Å². The molecule has 0 atom stereocenters. The lowest BCUT2D eigenvalue weighted by Gasteiger charge is -2.15. The Labute approximate surface area is 147 Å². The lowest BCUT2D eigenvalue weighted by Crippen LogP contribution is -2.22. The lowest BCUT2D eigenvalue weighted by atomic mass is 10.3. The van der Waals surface area contributed by atoms with Gasteiger partial charge in [-0.05, 0) is 28.0 Å². The SMILES string of the molecule is COCCNc1c(Br)cnc2c1ccn2COCC[Si](C)(C)C. The summed E-state index contributed by atoms with van der Waals surface area (Å²) >= 11 is 3.56. The number of pyridine rings is 1. The summed E-state index contributed by atoms with van der Waals surface area (Å²) in [6.07, 6.45) is 3.86. The molecule has 0 amide bonds.